The number of aromatic nitrogens is 2. The normalized spacial score (nSPS) is 22.5. The van der Waals surface area contributed by atoms with Crippen LogP contribution in [0, 0.1) is 5.92 Å². The Morgan fingerprint density at radius 3 is 2.78 bits per heavy atom. The molecule has 1 aliphatic carbocycles. The zero-order valence-corrected chi connectivity index (χ0v) is 14.1. The second-order valence-corrected chi connectivity index (χ2v) is 6.66. The minimum atomic E-state index is 0.0374. The van der Waals surface area contributed by atoms with Gasteiger partial charge in [0, 0.05) is 38.1 Å². The van der Waals surface area contributed by atoms with E-state index in [1.165, 1.54) is 19.3 Å². The molecule has 126 valence electrons. The highest BCUT2D eigenvalue weighted by Crippen LogP contribution is 2.19. The fraction of sp³-hybridized carbons (Fsp3) is 0.667. The van der Waals surface area contributed by atoms with Gasteiger partial charge in [-0.3, -0.25) is 4.79 Å². The molecule has 5 nitrogen and oxygen atoms in total. The Morgan fingerprint density at radius 1 is 1.26 bits per heavy atom. The molecule has 0 aromatic carbocycles. The second-order valence-electron chi connectivity index (χ2n) is 6.66. The molecule has 0 radical (unpaired) electrons. The van der Waals surface area contributed by atoms with Crippen LogP contribution in [-0.4, -0.2) is 35.2 Å². The molecule has 1 aliphatic heterocycles. The Kier molecular flexibility index (Phi) is 5.49. The molecule has 1 aromatic rings. The maximum absolute atomic E-state index is 12.3. The summed E-state index contributed by atoms with van der Waals surface area (Å²) < 4.78 is 1.73. The van der Waals surface area contributed by atoms with Crippen molar-refractivity contribution >= 4 is 5.82 Å². The van der Waals surface area contributed by atoms with Gasteiger partial charge in [0.15, 0.2) is 5.82 Å². The maximum atomic E-state index is 12.3. The lowest BCUT2D eigenvalue weighted by Crippen LogP contribution is -2.46. The van der Waals surface area contributed by atoms with Crippen LogP contribution in [0.25, 0.3) is 0 Å². The van der Waals surface area contributed by atoms with Crippen molar-refractivity contribution in [3.63, 3.8) is 0 Å². The van der Waals surface area contributed by atoms with Crippen LogP contribution in [0.1, 0.15) is 39.0 Å². The highest BCUT2D eigenvalue weighted by molar-refractivity contribution is 5.36. The Hall–Kier alpha value is -1.62. The third kappa shape index (κ3) is 4.02. The number of nitrogens with one attached hydrogen (secondary N) is 1. The number of rotatable bonds is 5. The predicted octanol–water partition coefficient (Wildman–Crippen LogP) is 2.18. The molecular weight excluding hydrogens is 288 g/mol. The number of hydrogen-bond acceptors (Lipinski definition) is 4. The van der Waals surface area contributed by atoms with Gasteiger partial charge in [0.25, 0.3) is 5.56 Å². The van der Waals surface area contributed by atoms with Gasteiger partial charge in [-0.25, -0.2) is 4.98 Å². The molecule has 2 heterocycles. The molecule has 2 aliphatic rings. The summed E-state index contributed by atoms with van der Waals surface area (Å²) in [4.78, 5) is 18.8. The van der Waals surface area contributed by atoms with Gasteiger partial charge in [-0.1, -0.05) is 12.2 Å². The van der Waals surface area contributed by atoms with Crippen LogP contribution in [0.5, 0.6) is 0 Å². The van der Waals surface area contributed by atoms with E-state index >= 15 is 0 Å². The van der Waals surface area contributed by atoms with Crippen molar-refractivity contribution in [1.82, 2.24) is 14.9 Å². The van der Waals surface area contributed by atoms with E-state index in [1.54, 1.807) is 17.0 Å². The minimum Gasteiger partial charge on any atom is -0.352 e. The molecule has 1 fully saturated rings. The Labute approximate surface area is 138 Å². The molecule has 23 heavy (non-hydrogen) atoms. The van der Waals surface area contributed by atoms with Crippen LogP contribution in [0.4, 0.5) is 5.82 Å². The van der Waals surface area contributed by atoms with Crippen molar-refractivity contribution in [2.75, 3.05) is 24.5 Å². The summed E-state index contributed by atoms with van der Waals surface area (Å²) in [6.45, 7) is 5.64. The number of anilines is 1. The van der Waals surface area contributed by atoms with Crippen molar-refractivity contribution in [3.05, 3.63) is 34.9 Å². The summed E-state index contributed by atoms with van der Waals surface area (Å²) in [6.07, 6.45) is 14.1. The monoisotopic (exact) mass is 316 g/mol. The molecule has 0 saturated carbocycles. The van der Waals surface area contributed by atoms with E-state index in [-0.39, 0.29) is 5.56 Å². The van der Waals surface area contributed by atoms with Gasteiger partial charge in [-0.2, -0.15) is 0 Å². The maximum Gasteiger partial charge on any atom is 0.293 e. The van der Waals surface area contributed by atoms with Crippen molar-refractivity contribution < 1.29 is 0 Å². The fourth-order valence-corrected chi connectivity index (χ4v) is 3.57. The quantitative estimate of drug-likeness (QED) is 0.846. The molecular formula is C18H28N4O. The van der Waals surface area contributed by atoms with Crippen molar-refractivity contribution in [2.24, 2.45) is 5.92 Å². The molecule has 0 amide bonds. The van der Waals surface area contributed by atoms with Crippen LogP contribution in [0.3, 0.4) is 0 Å². The molecule has 1 aromatic heterocycles. The Morgan fingerprint density at radius 2 is 2.09 bits per heavy atom. The van der Waals surface area contributed by atoms with Gasteiger partial charge >= 0.3 is 0 Å². The molecule has 1 unspecified atom stereocenters. The summed E-state index contributed by atoms with van der Waals surface area (Å²) in [5, 5.41) is 3.74. The average molecular weight is 316 g/mol. The summed E-state index contributed by atoms with van der Waals surface area (Å²) in [7, 11) is 0. The second kappa shape index (κ2) is 7.77. The summed E-state index contributed by atoms with van der Waals surface area (Å²) in [5.41, 5.74) is 0.0374. The van der Waals surface area contributed by atoms with Gasteiger partial charge in [-0.15, -0.1) is 0 Å². The summed E-state index contributed by atoms with van der Waals surface area (Å²) >= 11 is 0. The molecule has 1 saturated heterocycles. The molecule has 5 heteroatoms. The van der Waals surface area contributed by atoms with E-state index < -0.39 is 0 Å². The molecule has 1 atom stereocenters. The first kappa shape index (κ1) is 16.2. The Balaban J connectivity index is 1.50. The van der Waals surface area contributed by atoms with Crippen LogP contribution in [0.2, 0.25) is 0 Å². The molecule has 0 bridgehead atoms. The first-order valence-electron chi connectivity index (χ1n) is 8.96. The first-order chi connectivity index (χ1) is 11.3. The van der Waals surface area contributed by atoms with Crippen molar-refractivity contribution in [3.8, 4) is 0 Å². The molecule has 1 N–H and O–H groups in total. The zero-order chi connectivity index (χ0) is 16.1. The third-order valence-corrected chi connectivity index (χ3v) is 5.10. The first-order valence-corrected chi connectivity index (χ1v) is 8.96. The van der Waals surface area contributed by atoms with E-state index in [0.717, 1.165) is 38.4 Å². The number of nitrogens with zero attached hydrogens (tertiary/aromatic N) is 3. The van der Waals surface area contributed by atoms with Crippen LogP contribution < -0.4 is 15.8 Å². The predicted molar refractivity (Wildman–Crippen MR) is 93.9 cm³/mol. The SMILES string of the molecule is CCn1ccnc(N2CCC(NCC3CC=CCC3)CC2)c1=O. The fourth-order valence-electron chi connectivity index (χ4n) is 3.57. The van der Waals surface area contributed by atoms with Gasteiger partial charge in [-0.05, 0) is 51.5 Å². The third-order valence-electron chi connectivity index (χ3n) is 5.10. The smallest absolute Gasteiger partial charge is 0.293 e. The zero-order valence-electron chi connectivity index (χ0n) is 14.1. The number of piperidine rings is 1. The van der Waals surface area contributed by atoms with Gasteiger partial charge in [0.2, 0.25) is 0 Å². The van der Waals surface area contributed by atoms with Crippen molar-refractivity contribution in [2.45, 2.75) is 51.6 Å². The lowest BCUT2D eigenvalue weighted by atomic mass is 9.93. The molecule has 3 rings (SSSR count). The Bertz CT molecular complexity index is 587. The van der Waals surface area contributed by atoms with E-state index in [2.05, 4.69) is 27.4 Å². The van der Waals surface area contributed by atoms with Crippen LogP contribution in [0.15, 0.2) is 29.3 Å². The average Bonchev–Trinajstić information content (AvgIpc) is 2.62. The number of hydrogen-bond donors (Lipinski definition) is 1. The lowest BCUT2D eigenvalue weighted by molar-refractivity contribution is 0.360. The van der Waals surface area contributed by atoms with Crippen molar-refractivity contribution in [1.29, 1.82) is 0 Å². The number of allylic oxidation sites excluding steroid dienone is 2. The topological polar surface area (TPSA) is 50.2 Å². The lowest BCUT2D eigenvalue weighted by Gasteiger charge is -2.33. The van der Waals surface area contributed by atoms with Crippen LogP contribution >= 0.6 is 0 Å². The van der Waals surface area contributed by atoms with Gasteiger partial charge < -0.3 is 14.8 Å². The largest absolute Gasteiger partial charge is 0.352 e. The summed E-state index contributed by atoms with van der Waals surface area (Å²) in [6, 6.07) is 0.578. The number of aryl methyl sites for hydroxylation is 1. The van der Waals surface area contributed by atoms with E-state index in [0.29, 0.717) is 18.4 Å². The highest BCUT2D eigenvalue weighted by Gasteiger charge is 2.22. The van der Waals surface area contributed by atoms with E-state index in [1.807, 2.05) is 6.92 Å². The minimum absolute atomic E-state index is 0.0374. The standard InChI is InChI=1S/C18H28N4O/c1-2-21-13-10-19-17(18(21)23)22-11-8-16(9-12-22)20-14-15-6-4-3-5-7-15/h3-4,10,13,15-16,20H,2,5-9,11-12,14H2,1H3. The highest BCUT2D eigenvalue weighted by atomic mass is 16.1. The molecule has 0 spiro atoms. The van der Waals surface area contributed by atoms with E-state index in [9.17, 15) is 4.79 Å². The van der Waals surface area contributed by atoms with Crippen LogP contribution in [-0.2, 0) is 6.54 Å². The van der Waals surface area contributed by atoms with E-state index in [4.69, 9.17) is 0 Å². The van der Waals surface area contributed by atoms with Gasteiger partial charge in [0.05, 0.1) is 0 Å². The summed E-state index contributed by atoms with van der Waals surface area (Å²) in [5.74, 6) is 1.41. The van der Waals surface area contributed by atoms with Gasteiger partial charge in [0.1, 0.15) is 0 Å².